The number of benzene rings is 1. The zero-order valence-electron chi connectivity index (χ0n) is 11.0. The number of nitrogens with zero attached hydrogens (tertiary/aromatic N) is 2. The van der Waals surface area contributed by atoms with E-state index in [1.807, 2.05) is 6.20 Å². The van der Waals surface area contributed by atoms with Crippen molar-refractivity contribution in [1.29, 1.82) is 0 Å². The smallest absolute Gasteiger partial charge is 0.0524 e. The van der Waals surface area contributed by atoms with Gasteiger partial charge in [0, 0.05) is 23.8 Å². The summed E-state index contributed by atoms with van der Waals surface area (Å²) in [5.74, 6) is 0. The van der Waals surface area contributed by atoms with E-state index in [2.05, 4.69) is 53.6 Å². The molecule has 1 saturated heterocycles. The first-order valence-corrected chi connectivity index (χ1v) is 6.71. The second-order valence-corrected chi connectivity index (χ2v) is 5.24. The van der Waals surface area contributed by atoms with Gasteiger partial charge in [0.25, 0.3) is 0 Å². The minimum Gasteiger partial charge on any atom is -0.324 e. The van der Waals surface area contributed by atoms with Crippen LogP contribution < -0.4 is 0 Å². The zero-order valence-corrected chi connectivity index (χ0v) is 11.0. The van der Waals surface area contributed by atoms with Gasteiger partial charge in [-0.05, 0) is 44.5 Å². The van der Waals surface area contributed by atoms with Crippen molar-refractivity contribution >= 4 is 17.1 Å². The van der Waals surface area contributed by atoms with Crippen molar-refractivity contribution in [2.75, 3.05) is 13.6 Å². The van der Waals surface area contributed by atoms with E-state index in [9.17, 15) is 0 Å². The Bertz CT molecular complexity index is 567. The first-order chi connectivity index (χ1) is 8.79. The molecule has 2 heteroatoms. The molecule has 0 saturated carbocycles. The van der Waals surface area contributed by atoms with E-state index in [0.717, 1.165) is 6.42 Å². The lowest BCUT2D eigenvalue weighted by Gasteiger charge is -2.18. The van der Waals surface area contributed by atoms with E-state index in [-0.39, 0.29) is 0 Å². The number of fused-ring (bicyclic) bond motifs is 1. The second-order valence-electron chi connectivity index (χ2n) is 5.24. The molecular weight excluding hydrogens is 220 g/mol. The maximum absolute atomic E-state index is 3.89. The van der Waals surface area contributed by atoms with Gasteiger partial charge in [-0.15, -0.1) is 0 Å². The highest BCUT2D eigenvalue weighted by Crippen LogP contribution is 2.26. The molecule has 1 fully saturated rings. The molecule has 2 nitrogen and oxygen atoms in total. The Labute approximate surface area is 109 Å². The van der Waals surface area contributed by atoms with Gasteiger partial charge in [-0.2, -0.15) is 0 Å². The molecule has 0 N–H and O–H groups in total. The molecule has 0 radical (unpaired) electrons. The fourth-order valence-electron chi connectivity index (χ4n) is 3.08. The standard InChI is InChI=1S/C16H20N2/c1-3-18-12-13(11-14-7-6-10-17(14)2)15-8-4-5-9-16(15)18/h3-5,8-9,12,14H,1,6-7,10-11H2,2H3. The van der Waals surface area contributed by atoms with Gasteiger partial charge in [0.15, 0.2) is 0 Å². The Morgan fingerprint density at radius 3 is 2.94 bits per heavy atom. The number of aromatic nitrogens is 1. The average Bonchev–Trinajstić information content (AvgIpc) is 2.95. The first-order valence-electron chi connectivity index (χ1n) is 6.71. The zero-order chi connectivity index (χ0) is 12.5. The predicted octanol–water partition coefficient (Wildman–Crippen LogP) is 3.38. The number of hydrogen-bond donors (Lipinski definition) is 0. The third-order valence-electron chi connectivity index (χ3n) is 4.15. The monoisotopic (exact) mass is 240 g/mol. The Morgan fingerprint density at radius 1 is 1.39 bits per heavy atom. The topological polar surface area (TPSA) is 8.17 Å². The van der Waals surface area contributed by atoms with E-state index >= 15 is 0 Å². The molecule has 1 aliphatic rings. The maximum Gasteiger partial charge on any atom is 0.0524 e. The Balaban J connectivity index is 1.98. The highest BCUT2D eigenvalue weighted by molar-refractivity contribution is 5.85. The molecule has 0 bridgehead atoms. The molecule has 0 amide bonds. The minimum atomic E-state index is 0.703. The van der Waals surface area contributed by atoms with Crippen LogP contribution in [0.15, 0.2) is 37.0 Å². The van der Waals surface area contributed by atoms with E-state index in [0.29, 0.717) is 6.04 Å². The molecule has 1 aromatic carbocycles. The van der Waals surface area contributed by atoms with Crippen LogP contribution in [0.1, 0.15) is 18.4 Å². The molecule has 1 atom stereocenters. The van der Waals surface area contributed by atoms with Crippen LogP contribution in [0, 0.1) is 0 Å². The SMILES string of the molecule is C=Cn1cc(CC2CCCN2C)c2ccccc21. The van der Waals surface area contributed by atoms with Gasteiger partial charge in [-0.25, -0.2) is 0 Å². The summed E-state index contributed by atoms with van der Waals surface area (Å²) in [6, 6.07) is 9.30. The van der Waals surface area contributed by atoms with Crippen LogP contribution in [0.5, 0.6) is 0 Å². The summed E-state index contributed by atoms with van der Waals surface area (Å²) in [6.45, 7) is 5.13. The summed E-state index contributed by atoms with van der Waals surface area (Å²) < 4.78 is 2.14. The van der Waals surface area contributed by atoms with Gasteiger partial charge < -0.3 is 9.47 Å². The molecule has 94 valence electrons. The van der Waals surface area contributed by atoms with E-state index < -0.39 is 0 Å². The maximum atomic E-state index is 3.89. The van der Waals surface area contributed by atoms with Gasteiger partial charge in [0.2, 0.25) is 0 Å². The van der Waals surface area contributed by atoms with Gasteiger partial charge >= 0.3 is 0 Å². The summed E-state index contributed by atoms with van der Waals surface area (Å²) in [7, 11) is 2.24. The van der Waals surface area contributed by atoms with Crippen molar-refractivity contribution < 1.29 is 0 Å². The molecule has 1 unspecified atom stereocenters. The number of likely N-dealkylation sites (tertiary alicyclic amines) is 1. The van der Waals surface area contributed by atoms with Crippen LogP contribution in [0.25, 0.3) is 17.1 Å². The van der Waals surface area contributed by atoms with Crippen LogP contribution in [-0.2, 0) is 6.42 Å². The van der Waals surface area contributed by atoms with E-state index in [4.69, 9.17) is 0 Å². The van der Waals surface area contributed by atoms with Gasteiger partial charge in [0.1, 0.15) is 0 Å². The van der Waals surface area contributed by atoms with Crippen molar-refractivity contribution in [3.8, 4) is 0 Å². The van der Waals surface area contributed by atoms with Crippen LogP contribution in [0.2, 0.25) is 0 Å². The Morgan fingerprint density at radius 2 is 2.22 bits per heavy atom. The van der Waals surface area contributed by atoms with Crippen LogP contribution >= 0.6 is 0 Å². The van der Waals surface area contributed by atoms with E-state index in [1.54, 1.807) is 0 Å². The average molecular weight is 240 g/mol. The highest BCUT2D eigenvalue weighted by Gasteiger charge is 2.22. The fraction of sp³-hybridized carbons (Fsp3) is 0.375. The molecule has 1 aromatic heterocycles. The molecule has 2 aromatic rings. The van der Waals surface area contributed by atoms with Crippen molar-refractivity contribution in [3.63, 3.8) is 0 Å². The number of likely N-dealkylation sites (N-methyl/N-ethyl adjacent to an activating group) is 1. The molecule has 3 rings (SSSR count). The minimum absolute atomic E-state index is 0.703. The molecule has 1 aliphatic heterocycles. The number of hydrogen-bond acceptors (Lipinski definition) is 1. The van der Waals surface area contributed by atoms with Crippen molar-refractivity contribution in [2.24, 2.45) is 0 Å². The lowest BCUT2D eigenvalue weighted by molar-refractivity contribution is 0.310. The lowest BCUT2D eigenvalue weighted by atomic mass is 10.0. The molecule has 0 aliphatic carbocycles. The number of rotatable bonds is 3. The van der Waals surface area contributed by atoms with Crippen molar-refractivity contribution in [2.45, 2.75) is 25.3 Å². The fourth-order valence-corrected chi connectivity index (χ4v) is 3.08. The van der Waals surface area contributed by atoms with Crippen molar-refractivity contribution in [1.82, 2.24) is 9.47 Å². The quantitative estimate of drug-likeness (QED) is 0.798. The normalized spacial score (nSPS) is 20.6. The van der Waals surface area contributed by atoms with Crippen molar-refractivity contribution in [3.05, 3.63) is 42.6 Å². The first kappa shape index (κ1) is 11.5. The molecular formula is C16H20N2. The summed E-state index contributed by atoms with van der Waals surface area (Å²) in [5, 5.41) is 1.37. The summed E-state index contributed by atoms with van der Waals surface area (Å²) in [4.78, 5) is 2.49. The molecule has 18 heavy (non-hydrogen) atoms. The lowest BCUT2D eigenvalue weighted by Crippen LogP contribution is -2.26. The second kappa shape index (κ2) is 4.62. The largest absolute Gasteiger partial charge is 0.324 e. The molecule has 0 spiro atoms. The third kappa shape index (κ3) is 1.87. The Hall–Kier alpha value is -1.54. The van der Waals surface area contributed by atoms with Gasteiger partial charge in [-0.1, -0.05) is 24.8 Å². The Kier molecular flexibility index (Phi) is 2.96. The van der Waals surface area contributed by atoms with Crippen LogP contribution in [0.3, 0.4) is 0 Å². The predicted molar refractivity (Wildman–Crippen MR) is 77.7 cm³/mol. The van der Waals surface area contributed by atoms with E-state index in [1.165, 1.54) is 35.9 Å². The summed E-state index contributed by atoms with van der Waals surface area (Å²) in [5.41, 5.74) is 2.72. The van der Waals surface area contributed by atoms with Gasteiger partial charge in [0.05, 0.1) is 5.52 Å². The molecule has 2 heterocycles. The summed E-state index contributed by atoms with van der Waals surface area (Å²) in [6.07, 6.45) is 7.94. The number of para-hydroxylation sites is 1. The third-order valence-corrected chi connectivity index (χ3v) is 4.15. The van der Waals surface area contributed by atoms with Gasteiger partial charge in [-0.3, -0.25) is 0 Å². The summed E-state index contributed by atoms with van der Waals surface area (Å²) >= 11 is 0. The van der Waals surface area contributed by atoms with Crippen LogP contribution in [-0.4, -0.2) is 29.1 Å². The highest BCUT2D eigenvalue weighted by atomic mass is 15.1. The van der Waals surface area contributed by atoms with Crippen LogP contribution in [0.4, 0.5) is 0 Å².